The van der Waals surface area contributed by atoms with Gasteiger partial charge in [-0.2, -0.15) is 13.2 Å². The SMILES string of the molecule is CC(C)(NC(=O)CC(NC(=O)OCC1c2ccccc2-c2ccccc21)C(F)(F)F)C(=O)O. The number of nitrogens with one attached hydrogen (secondary N) is 2. The summed E-state index contributed by atoms with van der Waals surface area (Å²) in [4.78, 5) is 35.3. The topological polar surface area (TPSA) is 105 Å². The Bertz CT molecular complexity index is 1020. The number of carboxylic acids is 1. The van der Waals surface area contributed by atoms with Crippen LogP contribution in [-0.4, -0.2) is 47.4 Å². The molecule has 0 radical (unpaired) electrons. The number of aliphatic carboxylic acids is 1. The molecular weight excluding hydrogens is 441 g/mol. The van der Waals surface area contributed by atoms with Crippen LogP contribution in [0.1, 0.15) is 37.3 Å². The molecule has 1 unspecified atom stereocenters. The molecule has 176 valence electrons. The van der Waals surface area contributed by atoms with Crippen LogP contribution in [-0.2, 0) is 14.3 Å². The minimum Gasteiger partial charge on any atom is -0.480 e. The van der Waals surface area contributed by atoms with Gasteiger partial charge in [-0.25, -0.2) is 9.59 Å². The highest BCUT2D eigenvalue weighted by Crippen LogP contribution is 2.44. The molecule has 1 atom stereocenters. The molecule has 33 heavy (non-hydrogen) atoms. The summed E-state index contributed by atoms with van der Waals surface area (Å²) >= 11 is 0. The van der Waals surface area contributed by atoms with Gasteiger partial charge in [-0.15, -0.1) is 0 Å². The third-order valence-electron chi connectivity index (χ3n) is 5.41. The molecule has 0 bridgehead atoms. The summed E-state index contributed by atoms with van der Waals surface area (Å²) in [5, 5.41) is 12.7. The van der Waals surface area contributed by atoms with E-state index in [1.165, 1.54) is 0 Å². The lowest BCUT2D eigenvalue weighted by molar-refractivity contribution is -0.161. The number of fused-ring (bicyclic) bond motifs is 3. The number of halogens is 3. The van der Waals surface area contributed by atoms with Crippen LogP contribution in [0.25, 0.3) is 11.1 Å². The zero-order chi connectivity index (χ0) is 24.4. The molecule has 0 spiro atoms. The average molecular weight is 464 g/mol. The molecule has 10 heteroatoms. The molecule has 0 aliphatic heterocycles. The first-order chi connectivity index (χ1) is 15.4. The van der Waals surface area contributed by atoms with E-state index < -0.39 is 42.1 Å². The van der Waals surface area contributed by atoms with Gasteiger partial charge < -0.3 is 20.5 Å². The fourth-order valence-corrected chi connectivity index (χ4v) is 3.67. The van der Waals surface area contributed by atoms with Crippen LogP contribution in [0.15, 0.2) is 48.5 Å². The number of hydrogen-bond acceptors (Lipinski definition) is 4. The van der Waals surface area contributed by atoms with Crippen LogP contribution in [0.4, 0.5) is 18.0 Å². The summed E-state index contributed by atoms with van der Waals surface area (Å²) in [7, 11) is 0. The molecule has 1 aliphatic rings. The zero-order valence-electron chi connectivity index (χ0n) is 17.9. The molecule has 3 rings (SSSR count). The van der Waals surface area contributed by atoms with Gasteiger partial charge in [0.25, 0.3) is 0 Å². The van der Waals surface area contributed by atoms with E-state index >= 15 is 0 Å². The summed E-state index contributed by atoms with van der Waals surface area (Å²) in [5.74, 6) is -2.93. The molecule has 3 N–H and O–H groups in total. The second-order valence-corrected chi connectivity index (χ2v) is 8.25. The molecule has 2 aromatic rings. The van der Waals surface area contributed by atoms with Crippen molar-refractivity contribution in [1.29, 1.82) is 0 Å². The van der Waals surface area contributed by atoms with E-state index in [2.05, 4.69) is 0 Å². The first kappa shape index (κ1) is 24.1. The summed E-state index contributed by atoms with van der Waals surface area (Å²) in [5.41, 5.74) is 1.96. The Morgan fingerprint density at radius 2 is 1.52 bits per heavy atom. The molecular formula is C23H23F3N2O5. The molecule has 0 heterocycles. The standard InChI is InChI=1S/C23H23F3N2O5/c1-22(2,20(30)31)28-19(29)11-18(23(24,25)26)27-21(32)33-12-17-15-9-5-3-7-13(15)14-8-4-6-10-16(14)17/h3-10,17-18H,11-12H2,1-2H3,(H,27,32)(H,28,29)(H,30,31). The Morgan fingerprint density at radius 1 is 1.00 bits per heavy atom. The van der Waals surface area contributed by atoms with Crippen molar-refractivity contribution in [3.63, 3.8) is 0 Å². The van der Waals surface area contributed by atoms with Gasteiger partial charge in [-0.05, 0) is 36.1 Å². The number of carboxylic acid groups (broad SMARTS) is 1. The molecule has 0 fully saturated rings. The quantitative estimate of drug-likeness (QED) is 0.578. The predicted molar refractivity (Wildman–Crippen MR) is 113 cm³/mol. The van der Waals surface area contributed by atoms with Crippen LogP contribution in [0.5, 0.6) is 0 Å². The zero-order valence-corrected chi connectivity index (χ0v) is 17.9. The molecule has 2 amide bonds. The van der Waals surface area contributed by atoms with Crippen LogP contribution in [0, 0.1) is 0 Å². The normalized spacial score (nSPS) is 14.1. The Morgan fingerprint density at radius 3 is 2.00 bits per heavy atom. The molecule has 7 nitrogen and oxygen atoms in total. The number of carbonyl (C=O) groups excluding carboxylic acids is 2. The van der Waals surface area contributed by atoms with Gasteiger partial charge in [-0.1, -0.05) is 48.5 Å². The maximum Gasteiger partial charge on any atom is 0.409 e. The summed E-state index contributed by atoms with van der Waals surface area (Å²) in [6.07, 6.45) is -7.47. The van der Waals surface area contributed by atoms with Crippen molar-refractivity contribution in [2.75, 3.05) is 6.61 Å². The minimum absolute atomic E-state index is 0.192. The predicted octanol–water partition coefficient (Wildman–Crippen LogP) is 3.83. The highest BCUT2D eigenvalue weighted by molar-refractivity contribution is 5.86. The van der Waals surface area contributed by atoms with Crippen molar-refractivity contribution in [1.82, 2.24) is 10.6 Å². The summed E-state index contributed by atoms with van der Waals surface area (Å²) in [6.45, 7) is 2.08. The maximum atomic E-state index is 13.4. The summed E-state index contributed by atoms with van der Waals surface area (Å²) in [6, 6.07) is 12.4. The van der Waals surface area contributed by atoms with Crippen molar-refractivity contribution < 1.29 is 37.4 Å². The van der Waals surface area contributed by atoms with Crippen molar-refractivity contribution in [3.05, 3.63) is 59.7 Å². The number of carbonyl (C=O) groups is 3. The van der Waals surface area contributed by atoms with E-state index in [9.17, 15) is 27.6 Å². The Hall–Kier alpha value is -3.56. The molecule has 1 aliphatic carbocycles. The number of hydrogen-bond donors (Lipinski definition) is 3. The van der Waals surface area contributed by atoms with Crippen LogP contribution in [0.2, 0.25) is 0 Å². The van der Waals surface area contributed by atoms with Gasteiger partial charge in [0.2, 0.25) is 5.91 Å². The fourth-order valence-electron chi connectivity index (χ4n) is 3.67. The van der Waals surface area contributed by atoms with E-state index in [1.807, 2.05) is 53.8 Å². The van der Waals surface area contributed by atoms with Crippen molar-refractivity contribution in [2.45, 2.75) is 43.9 Å². The van der Waals surface area contributed by atoms with E-state index in [0.717, 1.165) is 36.1 Å². The second-order valence-electron chi connectivity index (χ2n) is 8.25. The van der Waals surface area contributed by atoms with E-state index in [-0.39, 0.29) is 12.5 Å². The number of ether oxygens (including phenoxy) is 1. The van der Waals surface area contributed by atoms with Gasteiger partial charge >= 0.3 is 18.2 Å². The van der Waals surface area contributed by atoms with Gasteiger partial charge in [0.1, 0.15) is 18.2 Å². The fraction of sp³-hybridized carbons (Fsp3) is 0.348. The third kappa shape index (κ3) is 5.44. The maximum absolute atomic E-state index is 13.4. The third-order valence-corrected chi connectivity index (χ3v) is 5.41. The lowest BCUT2D eigenvalue weighted by atomic mass is 9.98. The molecule has 0 saturated heterocycles. The van der Waals surface area contributed by atoms with Gasteiger partial charge in [-0.3, -0.25) is 4.79 Å². The number of alkyl carbamates (subject to hydrolysis) is 1. The Kier molecular flexibility index (Phi) is 6.66. The smallest absolute Gasteiger partial charge is 0.409 e. The first-order valence-electron chi connectivity index (χ1n) is 10.1. The van der Waals surface area contributed by atoms with Gasteiger partial charge in [0, 0.05) is 5.92 Å². The van der Waals surface area contributed by atoms with Gasteiger partial charge in [0.05, 0.1) is 6.42 Å². The largest absolute Gasteiger partial charge is 0.480 e. The highest BCUT2D eigenvalue weighted by atomic mass is 19.4. The minimum atomic E-state index is -4.95. The first-order valence-corrected chi connectivity index (χ1v) is 10.1. The molecule has 0 saturated carbocycles. The van der Waals surface area contributed by atoms with Crippen LogP contribution < -0.4 is 10.6 Å². The van der Waals surface area contributed by atoms with Crippen LogP contribution >= 0.6 is 0 Å². The van der Waals surface area contributed by atoms with Crippen molar-refractivity contribution >= 4 is 18.0 Å². The van der Waals surface area contributed by atoms with Crippen LogP contribution in [0.3, 0.4) is 0 Å². The van der Waals surface area contributed by atoms with Crippen molar-refractivity contribution in [3.8, 4) is 11.1 Å². The lowest BCUT2D eigenvalue weighted by Crippen LogP contribution is -2.53. The molecule has 2 aromatic carbocycles. The van der Waals surface area contributed by atoms with E-state index in [1.54, 1.807) is 5.32 Å². The molecule has 0 aromatic heterocycles. The Balaban J connectivity index is 1.66. The van der Waals surface area contributed by atoms with Gasteiger partial charge in [0.15, 0.2) is 0 Å². The average Bonchev–Trinajstić information content (AvgIpc) is 3.04. The Labute approximate surface area is 187 Å². The van der Waals surface area contributed by atoms with E-state index in [4.69, 9.17) is 9.84 Å². The summed E-state index contributed by atoms with van der Waals surface area (Å²) < 4.78 is 45.3. The number of alkyl halides is 3. The lowest BCUT2D eigenvalue weighted by Gasteiger charge is -2.25. The second kappa shape index (κ2) is 9.13. The number of rotatable bonds is 7. The highest BCUT2D eigenvalue weighted by Gasteiger charge is 2.43. The van der Waals surface area contributed by atoms with E-state index in [0.29, 0.717) is 0 Å². The number of benzene rings is 2. The number of amides is 2. The van der Waals surface area contributed by atoms with Crippen molar-refractivity contribution in [2.24, 2.45) is 0 Å². The monoisotopic (exact) mass is 464 g/mol.